The minimum Gasteiger partial charge on any atom is -0.465 e. The zero-order valence-corrected chi connectivity index (χ0v) is 43.4. The highest BCUT2D eigenvalue weighted by Gasteiger charge is 2.45. The fourth-order valence-electron chi connectivity index (χ4n) is 14.2. The number of likely N-dealkylation sites (N-methyl/N-ethyl adjacent to an activating group) is 2. The molecule has 4 aliphatic heterocycles. The summed E-state index contributed by atoms with van der Waals surface area (Å²) in [5.41, 5.74) is 5.31. The SMILES string of the molecule is CN(C(=O)O)[C@H](C(=O)N1CCC[C@H]1c1nc2cc([C@H]3CC[C@H](c4ccc5[nH]c([C@@H]6CCCN6C(=O)[C@H](C6CCCCC6)N(C)C(=O)O)nc5c4)N3c3cc(F)c(N4CCCCC4)c(F)c3)ccc2[nH]1)C1CCCCC1. The summed E-state index contributed by atoms with van der Waals surface area (Å²) in [6.45, 7) is 2.23. The number of carbonyl (C=O) groups excluding carboxylic acids is 2. The number of benzene rings is 3. The maximum atomic E-state index is 16.5. The van der Waals surface area contributed by atoms with Crippen LogP contribution in [0, 0.1) is 23.5 Å². The van der Waals surface area contributed by atoms with E-state index in [0.29, 0.717) is 80.2 Å². The average Bonchev–Trinajstić information content (AvgIpc) is 4.29. The number of hydrogen-bond acceptors (Lipinski definition) is 8. The fourth-order valence-corrected chi connectivity index (χ4v) is 14.2. The van der Waals surface area contributed by atoms with Gasteiger partial charge < -0.3 is 39.8 Å². The first-order valence-corrected chi connectivity index (χ1v) is 27.9. The van der Waals surface area contributed by atoms with Gasteiger partial charge in [0, 0.05) is 46.0 Å². The quantitative estimate of drug-likeness (QED) is 0.0937. The first-order valence-electron chi connectivity index (χ1n) is 27.9. The lowest BCUT2D eigenvalue weighted by Crippen LogP contribution is -2.53. The minimum atomic E-state index is -1.11. The van der Waals surface area contributed by atoms with Crippen LogP contribution in [0.4, 0.5) is 29.7 Å². The number of amides is 4. The monoisotopic (exact) mass is 1030 g/mol. The molecule has 4 amide bonds. The first-order chi connectivity index (χ1) is 36.3. The lowest BCUT2D eigenvalue weighted by atomic mass is 9.82. The van der Waals surface area contributed by atoms with Crippen molar-refractivity contribution >= 4 is 57.4 Å². The number of hydrogen-bond donors (Lipinski definition) is 4. The van der Waals surface area contributed by atoms with Crippen molar-refractivity contribution in [2.45, 2.75) is 158 Å². The molecule has 400 valence electrons. The molecule has 5 aromatic rings. The van der Waals surface area contributed by atoms with Crippen LogP contribution < -0.4 is 9.80 Å². The molecule has 11 rings (SSSR count). The van der Waals surface area contributed by atoms with Crippen LogP contribution in [0.2, 0.25) is 0 Å². The summed E-state index contributed by atoms with van der Waals surface area (Å²) >= 11 is 0. The molecule has 0 unspecified atom stereocenters. The smallest absolute Gasteiger partial charge is 0.407 e. The van der Waals surface area contributed by atoms with Crippen molar-refractivity contribution in [1.29, 1.82) is 0 Å². The fraction of sp³-hybridized carbons (Fsp3) is 0.579. The van der Waals surface area contributed by atoms with Gasteiger partial charge in [-0.25, -0.2) is 28.3 Å². The van der Waals surface area contributed by atoms with E-state index in [2.05, 4.69) is 14.9 Å². The maximum absolute atomic E-state index is 16.5. The molecule has 4 N–H and O–H groups in total. The van der Waals surface area contributed by atoms with Gasteiger partial charge in [0.05, 0.1) is 46.2 Å². The van der Waals surface area contributed by atoms with Crippen LogP contribution in [0.15, 0.2) is 48.5 Å². The highest BCUT2D eigenvalue weighted by atomic mass is 19.1. The maximum Gasteiger partial charge on any atom is 0.407 e. The Bertz CT molecular complexity index is 2750. The molecule has 0 radical (unpaired) electrons. The summed E-state index contributed by atoms with van der Waals surface area (Å²) in [6.07, 6.45) is 14.2. The van der Waals surface area contributed by atoms with Crippen LogP contribution >= 0.6 is 0 Å². The van der Waals surface area contributed by atoms with E-state index in [9.17, 15) is 29.4 Å². The molecule has 6 atom stereocenters. The van der Waals surface area contributed by atoms with Gasteiger partial charge in [-0.2, -0.15) is 0 Å². The van der Waals surface area contributed by atoms with Crippen LogP contribution in [-0.4, -0.2) is 126 Å². The van der Waals surface area contributed by atoms with Gasteiger partial charge in [-0.3, -0.25) is 19.4 Å². The standard InChI is InChI=1S/C57H72F2N10O6/c1-64(56(72)73)49(34-14-6-3-7-15-34)54(70)67-28-12-18-47(67)52-60-41-22-20-36(30-43(41)62-52)45-24-25-46(69(45)38-32-39(58)51(40(59)33-38)66-26-10-5-11-27-66)37-21-23-42-44(31-37)63-53(61-42)48-19-13-29-68(48)55(71)50(65(2)57(74)75)35-16-8-4-9-17-35/h20-23,30-35,45-50H,3-19,24-29H2,1-2H3,(H,60,62)(H,61,63)(H,72,73)(H,74,75)/t45-,46-,47+,48+,49+,50+/m1/s1. The van der Waals surface area contributed by atoms with E-state index in [4.69, 9.17) is 9.97 Å². The van der Waals surface area contributed by atoms with Gasteiger partial charge in [0.15, 0.2) is 11.6 Å². The molecule has 2 saturated carbocycles. The van der Waals surface area contributed by atoms with E-state index >= 15 is 8.78 Å². The number of anilines is 2. The molecule has 2 aliphatic carbocycles. The van der Waals surface area contributed by atoms with Crippen LogP contribution in [0.3, 0.4) is 0 Å². The third-order valence-electron chi connectivity index (χ3n) is 18.0. The van der Waals surface area contributed by atoms with Crippen molar-refractivity contribution in [3.63, 3.8) is 0 Å². The molecule has 2 aromatic heterocycles. The Morgan fingerprint density at radius 1 is 0.547 bits per heavy atom. The van der Waals surface area contributed by atoms with Gasteiger partial charge in [-0.1, -0.05) is 50.7 Å². The van der Waals surface area contributed by atoms with Gasteiger partial charge in [-0.05, 0) is 143 Å². The molecule has 0 bridgehead atoms. The van der Waals surface area contributed by atoms with Crippen molar-refractivity contribution in [2.75, 3.05) is 50.1 Å². The molecule has 16 nitrogen and oxygen atoms in total. The average molecular weight is 1030 g/mol. The normalized spacial score (nSPS) is 23.8. The number of aromatic amines is 2. The summed E-state index contributed by atoms with van der Waals surface area (Å²) in [5, 5.41) is 20.1. The number of H-pyrrole nitrogens is 2. The van der Waals surface area contributed by atoms with Crippen LogP contribution in [0.1, 0.15) is 169 Å². The van der Waals surface area contributed by atoms with E-state index in [1.807, 2.05) is 51.1 Å². The predicted molar refractivity (Wildman–Crippen MR) is 281 cm³/mol. The second-order valence-electron chi connectivity index (χ2n) is 22.5. The molecule has 0 spiro atoms. The van der Waals surface area contributed by atoms with Gasteiger partial charge in [0.2, 0.25) is 11.8 Å². The number of likely N-dealkylation sites (tertiary alicyclic amines) is 2. The highest BCUT2D eigenvalue weighted by Crippen LogP contribution is 2.49. The van der Waals surface area contributed by atoms with Crippen molar-refractivity contribution in [3.8, 4) is 0 Å². The first kappa shape index (κ1) is 50.7. The molecule has 6 aliphatic rings. The van der Waals surface area contributed by atoms with E-state index in [1.54, 1.807) is 0 Å². The highest BCUT2D eigenvalue weighted by molar-refractivity contribution is 5.87. The lowest BCUT2D eigenvalue weighted by molar-refractivity contribution is -0.140. The van der Waals surface area contributed by atoms with E-state index in [-0.39, 0.29) is 53.5 Å². The van der Waals surface area contributed by atoms with Gasteiger partial charge in [-0.15, -0.1) is 0 Å². The topological polar surface area (TPSA) is 186 Å². The minimum absolute atomic E-state index is 0.0138. The molecule has 6 fully saturated rings. The zero-order valence-electron chi connectivity index (χ0n) is 43.4. The zero-order chi connectivity index (χ0) is 52.1. The number of carboxylic acid groups (broad SMARTS) is 2. The Labute approximate surface area is 436 Å². The van der Waals surface area contributed by atoms with Crippen LogP contribution in [0.25, 0.3) is 22.1 Å². The Kier molecular flexibility index (Phi) is 14.4. The number of carbonyl (C=O) groups is 4. The molecule has 6 heterocycles. The number of piperidine rings is 1. The summed E-state index contributed by atoms with van der Waals surface area (Å²) in [7, 11) is 3.02. The van der Waals surface area contributed by atoms with Crippen molar-refractivity contribution < 1.29 is 38.2 Å². The molecule has 4 saturated heterocycles. The Hall–Kier alpha value is -6.46. The Balaban J connectivity index is 0.902. The number of fused-ring (bicyclic) bond motifs is 2. The van der Waals surface area contributed by atoms with Crippen molar-refractivity contribution in [2.24, 2.45) is 11.8 Å². The van der Waals surface area contributed by atoms with Crippen molar-refractivity contribution in [1.82, 2.24) is 39.5 Å². The van der Waals surface area contributed by atoms with Gasteiger partial charge in [0.1, 0.15) is 29.4 Å². The predicted octanol–water partition coefficient (Wildman–Crippen LogP) is 11.2. The largest absolute Gasteiger partial charge is 0.465 e. The molecular formula is C57H72F2N10O6. The molecule has 3 aromatic carbocycles. The van der Waals surface area contributed by atoms with Crippen molar-refractivity contribution in [3.05, 3.63) is 82.9 Å². The number of halogens is 2. The molecule has 18 heteroatoms. The molecule has 75 heavy (non-hydrogen) atoms. The van der Waals surface area contributed by atoms with E-state index in [0.717, 1.165) is 118 Å². The Morgan fingerprint density at radius 2 is 0.973 bits per heavy atom. The van der Waals surface area contributed by atoms with E-state index < -0.39 is 35.9 Å². The third kappa shape index (κ3) is 9.75. The van der Waals surface area contributed by atoms with Gasteiger partial charge in [0.25, 0.3) is 0 Å². The Morgan fingerprint density at radius 3 is 1.40 bits per heavy atom. The van der Waals surface area contributed by atoms with Crippen LogP contribution in [0.5, 0.6) is 0 Å². The van der Waals surface area contributed by atoms with Gasteiger partial charge >= 0.3 is 12.2 Å². The number of nitrogens with one attached hydrogen (secondary N) is 2. The summed E-state index contributed by atoms with van der Waals surface area (Å²) in [6, 6.07) is 12.3. The number of aromatic nitrogens is 4. The van der Waals surface area contributed by atoms with Crippen LogP contribution in [-0.2, 0) is 9.59 Å². The second-order valence-corrected chi connectivity index (χ2v) is 22.5. The lowest BCUT2D eigenvalue weighted by Gasteiger charge is -2.37. The second kappa shape index (κ2) is 21.3. The summed E-state index contributed by atoms with van der Waals surface area (Å²) < 4.78 is 33.1. The van der Waals surface area contributed by atoms with E-state index in [1.165, 1.54) is 36.0 Å². The number of nitrogens with zero attached hydrogens (tertiary/aromatic N) is 8. The summed E-state index contributed by atoms with van der Waals surface area (Å²) in [4.78, 5) is 80.8. The molecular weight excluding hydrogens is 959 g/mol. The summed E-state index contributed by atoms with van der Waals surface area (Å²) in [5.74, 6) is -0.292. The third-order valence-corrected chi connectivity index (χ3v) is 18.0. The number of rotatable bonds is 12. The number of imidazole rings is 2.